The molecule has 0 spiro atoms. The van der Waals surface area contributed by atoms with Crippen molar-refractivity contribution in [3.8, 4) is 10.7 Å². The minimum absolute atomic E-state index is 0.103. The summed E-state index contributed by atoms with van der Waals surface area (Å²) in [5, 5.41) is 8.50. The predicted molar refractivity (Wildman–Crippen MR) is 98.7 cm³/mol. The molecule has 9 heteroatoms. The van der Waals surface area contributed by atoms with E-state index in [1.165, 1.54) is 17.4 Å². The van der Waals surface area contributed by atoms with Crippen LogP contribution in [-0.4, -0.2) is 30.7 Å². The fraction of sp³-hybridized carbons (Fsp3) is 0.235. The molecular formula is C17H17N3O4S2. The fourth-order valence-corrected chi connectivity index (χ4v) is 3.86. The second kappa shape index (κ2) is 7.79. The molecule has 0 aliphatic rings. The van der Waals surface area contributed by atoms with Crippen LogP contribution in [0, 0.1) is 0 Å². The number of aryl methyl sites for hydroxylation is 1. The number of hydrogen-bond acceptors (Lipinski definition) is 7. The van der Waals surface area contributed by atoms with Crippen LogP contribution in [0.5, 0.6) is 0 Å². The molecule has 1 aromatic carbocycles. The van der Waals surface area contributed by atoms with E-state index in [0.29, 0.717) is 24.6 Å². The van der Waals surface area contributed by atoms with Crippen molar-refractivity contribution in [2.45, 2.75) is 24.2 Å². The second-order valence-corrected chi connectivity index (χ2v) is 8.59. The summed E-state index contributed by atoms with van der Waals surface area (Å²) in [6.07, 6.45) is 2.31. The van der Waals surface area contributed by atoms with Crippen molar-refractivity contribution in [1.29, 1.82) is 0 Å². The number of para-hydroxylation sites is 1. The lowest BCUT2D eigenvalue weighted by Crippen LogP contribution is -2.14. The lowest BCUT2D eigenvalue weighted by molar-refractivity contribution is -0.116. The molecule has 0 saturated heterocycles. The Morgan fingerprint density at radius 2 is 2.04 bits per heavy atom. The molecule has 0 bridgehead atoms. The van der Waals surface area contributed by atoms with Gasteiger partial charge in [-0.3, -0.25) is 4.79 Å². The van der Waals surface area contributed by atoms with E-state index in [4.69, 9.17) is 4.52 Å². The highest BCUT2D eigenvalue weighted by atomic mass is 32.2. The van der Waals surface area contributed by atoms with Crippen LogP contribution in [0.3, 0.4) is 0 Å². The van der Waals surface area contributed by atoms with Crippen molar-refractivity contribution in [2.24, 2.45) is 0 Å². The average molecular weight is 391 g/mol. The Bertz CT molecular complexity index is 995. The number of carbonyl (C=O) groups is 1. The molecular weight excluding hydrogens is 374 g/mol. The number of aromatic nitrogens is 2. The summed E-state index contributed by atoms with van der Waals surface area (Å²) >= 11 is 1.52. The topological polar surface area (TPSA) is 102 Å². The van der Waals surface area contributed by atoms with Crippen molar-refractivity contribution in [2.75, 3.05) is 11.6 Å². The molecule has 26 heavy (non-hydrogen) atoms. The highest BCUT2D eigenvalue weighted by molar-refractivity contribution is 7.90. The Kier molecular flexibility index (Phi) is 5.48. The van der Waals surface area contributed by atoms with Gasteiger partial charge in [0.05, 0.1) is 15.5 Å². The molecule has 0 saturated carbocycles. The number of thiophene rings is 1. The number of nitrogens with zero attached hydrogens (tertiary/aromatic N) is 2. The van der Waals surface area contributed by atoms with Gasteiger partial charge in [-0.25, -0.2) is 8.42 Å². The third kappa shape index (κ3) is 4.55. The fourth-order valence-electron chi connectivity index (χ4n) is 2.37. The number of benzene rings is 1. The molecule has 0 atom stereocenters. The van der Waals surface area contributed by atoms with Gasteiger partial charge in [-0.05, 0) is 30.0 Å². The highest BCUT2D eigenvalue weighted by Crippen LogP contribution is 2.22. The van der Waals surface area contributed by atoms with Crippen molar-refractivity contribution in [3.63, 3.8) is 0 Å². The van der Waals surface area contributed by atoms with E-state index in [1.54, 1.807) is 18.2 Å². The quantitative estimate of drug-likeness (QED) is 0.664. The second-order valence-electron chi connectivity index (χ2n) is 5.66. The first-order chi connectivity index (χ1) is 12.4. The van der Waals surface area contributed by atoms with Gasteiger partial charge in [0, 0.05) is 19.1 Å². The molecule has 136 valence electrons. The predicted octanol–water partition coefficient (Wildman–Crippen LogP) is 3.16. The lowest BCUT2D eigenvalue weighted by Gasteiger charge is -2.09. The van der Waals surface area contributed by atoms with Gasteiger partial charge in [0.2, 0.25) is 17.6 Å². The van der Waals surface area contributed by atoms with Gasteiger partial charge in [0.25, 0.3) is 0 Å². The molecule has 1 amide bonds. The number of amides is 1. The number of rotatable bonds is 7. The van der Waals surface area contributed by atoms with E-state index in [2.05, 4.69) is 15.5 Å². The van der Waals surface area contributed by atoms with E-state index in [1.807, 2.05) is 17.5 Å². The maximum absolute atomic E-state index is 12.1. The van der Waals surface area contributed by atoms with Crippen LogP contribution in [0.2, 0.25) is 0 Å². The maximum Gasteiger partial charge on any atom is 0.226 e. The van der Waals surface area contributed by atoms with Crippen LogP contribution in [0.25, 0.3) is 10.7 Å². The molecule has 0 unspecified atom stereocenters. The smallest absolute Gasteiger partial charge is 0.226 e. The van der Waals surface area contributed by atoms with Crippen molar-refractivity contribution in [1.82, 2.24) is 10.1 Å². The Labute approximate surface area is 155 Å². The summed E-state index contributed by atoms with van der Waals surface area (Å²) in [6.45, 7) is 0. The largest absolute Gasteiger partial charge is 0.339 e. The summed E-state index contributed by atoms with van der Waals surface area (Å²) in [7, 11) is -3.41. The molecule has 2 aromatic heterocycles. The molecule has 0 aliphatic carbocycles. The molecule has 0 aliphatic heterocycles. The molecule has 7 nitrogen and oxygen atoms in total. The zero-order chi connectivity index (χ0) is 18.6. The van der Waals surface area contributed by atoms with Gasteiger partial charge < -0.3 is 9.84 Å². The third-order valence-electron chi connectivity index (χ3n) is 3.56. The van der Waals surface area contributed by atoms with E-state index >= 15 is 0 Å². The van der Waals surface area contributed by atoms with Crippen LogP contribution in [0.4, 0.5) is 5.69 Å². The van der Waals surface area contributed by atoms with E-state index in [9.17, 15) is 13.2 Å². The van der Waals surface area contributed by atoms with Crippen LogP contribution >= 0.6 is 11.3 Å². The summed E-state index contributed by atoms with van der Waals surface area (Å²) < 4.78 is 28.7. The first-order valence-corrected chi connectivity index (χ1v) is 10.7. The standard InChI is InChI=1S/C17H17N3O4S2/c1-26(22,23)14-8-3-2-6-12(14)18-15(21)9-4-10-16-19-17(20-24-16)13-7-5-11-25-13/h2-3,5-8,11H,4,9-10H2,1H3,(H,18,21). The zero-order valence-electron chi connectivity index (χ0n) is 14.0. The summed E-state index contributed by atoms with van der Waals surface area (Å²) in [5.41, 5.74) is 0.290. The van der Waals surface area contributed by atoms with E-state index in [-0.39, 0.29) is 22.9 Å². The minimum Gasteiger partial charge on any atom is -0.339 e. The van der Waals surface area contributed by atoms with Crippen molar-refractivity contribution in [3.05, 3.63) is 47.7 Å². The summed E-state index contributed by atoms with van der Waals surface area (Å²) in [5.74, 6) is 0.748. The Morgan fingerprint density at radius 1 is 1.23 bits per heavy atom. The van der Waals surface area contributed by atoms with Crippen LogP contribution in [-0.2, 0) is 21.1 Å². The molecule has 0 fully saturated rings. The summed E-state index contributed by atoms with van der Waals surface area (Å²) in [4.78, 5) is 17.4. The van der Waals surface area contributed by atoms with Crippen LogP contribution < -0.4 is 5.32 Å². The number of sulfone groups is 1. The summed E-state index contributed by atoms with van der Waals surface area (Å²) in [6, 6.07) is 10.2. The Balaban J connectivity index is 1.54. The van der Waals surface area contributed by atoms with E-state index < -0.39 is 9.84 Å². The van der Waals surface area contributed by atoms with Crippen molar-refractivity contribution < 1.29 is 17.7 Å². The van der Waals surface area contributed by atoms with Gasteiger partial charge in [-0.2, -0.15) is 4.98 Å². The molecule has 2 heterocycles. The molecule has 3 rings (SSSR count). The van der Waals surface area contributed by atoms with Gasteiger partial charge >= 0.3 is 0 Å². The SMILES string of the molecule is CS(=O)(=O)c1ccccc1NC(=O)CCCc1nc(-c2cccs2)no1. The number of nitrogens with one attached hydrogen (secondary N) is 1. The monoisotopic (exact) mass is 391 g/mol. The lowest BCUT2D eigenvalue weighted by atomic mass is 10.2. The minimum atomic E-state index is -3.41. The maximum atomic E-state index is 12.1. The number of carbonyl (C=O) groups excluding carboxylic acids is 1. The number of hydrogen-bond donors (Lipinski definition) is 1. The highest BCUT2D eigenvalue weighted by Gasteiger charge is 2.15. The molecule has 1 N–H and O–H groups in total. The van der Waals surface area contributed by atoms with Gasteiger partial charge in [-0.15, -0.1) is 11.3 Å². The normalized spacial score (nSPS) is 11.4. The van der Waals surface area contributed by atoms with E-state index in [0.717, 1.165) is 11.1 Å². The molecule has 3 aromatic rings. The third-order valence-corrected chi connectivity index (χ3v) is 5.59. The van der Waals surface area contributed by atoms with Crippen LogP contribution in [0.15, 0.2) is 51.2 Å². The number of anilines is 1. The zero-order valence-corrected chi connectivity index (χ0v) is 15.6. The molecule has 0 radical (unpaired) electrons. The Morgan fingerprint density at radius 3 is 2.77 bits per heavy atom. The van der Waals surface area contributed by atoms with Gasteiger partial charge in [0.1, 0.15) is 0 Å². The van der Waals surface area contributed by atoms with Crippen molar-refractivity contribution >= 4 is 32.8 Å². The first-order valence-electron chi connectivity index (χ1n) is 7.89. The van der Waals surface area contributed by atoms with Gasteiger partial charge in [-0.1, -0.05) is 23.4 Å². The Hall–Kier alpha value is -2.52. The average Bonchev–Trinajstić information content (AvgIpc) is 3.25. The first kappa shape index (κ1) is 18.3. The van der Waals surface area contributed by atoms with Gasteiger partial charge in [0.15, 0.2) is 9.84 Å². The van der Waals surface area contributed by atoms with Crippen LogP contribution in [0.1, 0.15) is 18.7 Å².